The van der Waals surface area contributed by atoms with Crippen molar-refractivity contribution in [3.63, 3.8) is 0 Å². The van der Waals surface area contributed by atoms with Crippen LogP contribution in [0.5, 0.6) is 5.75 Å². The molecule has 2 aliphatic rings. The Balaban J connectivity index is 1.31. The highest BCUT2D eigenvalue weighted by atomic mass is 35.5. The predicted molar refractivity (Wildman–Crippen MR) is 121 cm³/mol. The number of anilines is 1. The number of nitrogens with zero attached hydrogens (tertiary/aromatic N) is 7. The van der Waals surface area contributed by atoms with Crippen LogP contribution in [0.3, 0.4) is 0 Å². The molecule has 0 bridgehead atoms. The van der Waals surface area contributed by atoms with E-state index < -0.39 is 12.0 Å². The van der Waals surface area contributed by atoms with E-state index in [9.17, 15) is 18.0 Å². The Hall–Kier alpha value is -3.15. The average molecular weight is 510 g/mol. The largest absolute Gasteiger partial charge is 0.495 e. The normalized spacial score (nSPS) is 20.7. The lowest BCUT2D eigenvalue weighted by molar-refractivity contribution is -0.148. The molecule has 1 unspecified atom stereocenters. The Morgan fingerprint density at radius 3 is 2.69 bits per heavy atom. The Labute approximate surface area is 203 Å². The van der Waals surface area contributed by atoms with Gasteiger partial charge in [0.25, 0.3) is 0 Å². The third-order valence-corrected chi connectivity index (χ3v) is 6.98. The van der Waals surface area contributed by atoms with Crippen LogP contribution in [0.1, 0.15) is 25.0 Å². The number of methoxy groups -OCH3 is 1. The third-order valence-electron chi connectivity index (χ3n) is 6.70. The summed E-state index contributed by atoms with van der Waals surface area (Å²) in [5, 5.41) is 7.44. The summed E-state index contributed by atoms with van der Waals surface area (Å²) in [5.41, 5.74) is 2.08. The first-order valence-electron chi connectivity index (χ1n) is 11.2. The van der Waals surface area contributed by atoms with E-state index in [1.165, 1.54) is 0 Å². The molecule has 0 radical (unpaired) electrons. The molecule has 0 spiro atoms. The zero-order valence-electron chi connectivity index (χ0n) is 19.1. The fraction of sp³-hybridized carbons (Fsp3) is 0.500. The molecule has 3 aromatic rings. The molecule has 186 valence electrons. The number of hydrogen-bond acceptors (Lipinski definition) is 7. The topological polar surface area (TPSA) is 89.3 Å². The molecule has 1 fully saturated rings. The van der Waals surface area contributed by atoms with Crippen LogP contribution in [-0.2, 0) is 24.1 Å². The number of ether oxygens (including phenoxy) is 1. The number of carbonyl (C=O) groups is 1. The van der Waals surface area contributed by atoms with E-state index in [0.717, 1.165) is 10.3 Å². The Morgan fingerprint density at radius 2 is 1.97 bits per heavy atom. The quantitative estimate of drug-likeness (QED) is 0.534. The number of rotatable bonds is 3. The zero-order chi connectivity index (χ0) is 24.9. The van der Waals surface area contributed by atoms with Crippen molar-refractivity contribution < 1.29 is 22.7 Å². The van der Waals surface area contributed by atoms with Gasteiger partial charge in [0.05, 0.1) is 36.1 Å². The molecule has 3 aromatic heterocycles. The van der Waals surface area contributed by atoms with Crippen LogP contribution in [0.15, 0.2) is 18.5 Å². The molecule has 0 N–H and O–H groups in total. The van der Waals surface area contributed by atoms with E-state index in [0.29, 0.717) is 41.3 Å². The van der Waals surface area contributed by atoms with Crippen LogP contribution in [0.4, 0.5) is 18.9 Å². The summed E-state index contributed by atoms with van der Waals surface area (Å²) in [6.07, 6.45) is -0.797. The van der Waals surface area contributed by atoms with Crippen molar-refractivity contribution in [3.8, 4) is 5.75 Å². The average Bonchev–Trinajstić information content (AvgIpc) is 3.27. The lowest BCUT2D eigenvalue weighted by Gasteiger charge is -2.40. The van der Waals surface area contributed by atoms with Crippen molar-refractivity contribution in [2.24, 2.45) is 11.8 Å². The number of hydrogen-bond donors (Lipinski definition) is 0. The van der Waals surface area contributed by atoms with Crippen LogP contribution in [0.2, 0.25) is 5.02 Å². The van der Waals surface area contributed by atoms with Gasteiger partial charge >= 0.3 is 6.18 Å². The molecule has 5 heterocycles. The second kappa shape index (κ2) is 8.81. The van der Waals surface area contributed by atoms with Gasteiger partial charge < -0.3 is 19.1 Å². The maximum atomic E-state index is 13.3. The fourth-order valence-corrected chi connectivity index (χ4v) is 5.19. The van der Waals surface area contributed by atoms with Gasteiger partial charge in [-0.3, -0.25) is 9.78 Å². The van der Waals surface area contributed by atoms with Gasteiger partial charge in [0.15, 0.2) is 5.82 Å². The van der Waals surface area contributed by atoms with E-state index in [2.05, 4.69) is 25.1 Å². The highest BCUT2D eigenvalue weighted by Gasteiger charge is 2.41. The minimum Gasteiger partial charge on any atom is -0.495 e. The molecule has 2 atom stereocenters. The van der Waals surface area contributed by atoms with Crippen LogP contribution in [0, 0.1) is 11.8 Å². The Kier molecular flexibility index (Phi) is 5.94. The minimum atomic E-state index is -4.57. The van der Waals surface area contributed by atoms with Gasteiger partial charge in [0.1, 0.15) is 11.3 Å². The van der Waals surface area contributed by atoms with Crippen molar-refractivity contribution in [2.45, 2.75) is 32.6 Å². The molecule has 1 amide bonds. The van der Waals surface area contributed by atoms with Crippen LogP contribution in [0.25, 0.3) is 11.0 Å². The first-order chi connectivity index (χ1) is 16.7. The highest BCUT2D eigenvalue weighted by Crippen LogP contribution is 2.37. The first kappa shape index (κ1) is 23.6. The molecular formula is C22H23ClF3N7O2. The summed E-state index contributed by atoms with van der Waals surface area (Å²) >= 11 is 6.51. The summed E-state index contributed by atoms with van der Waals surface area (Å²) < 4.78 is 45.6. The van der Waals surface area contributed by atoms with Crippen molar-refractivity contribution >= 4 is 34.2 Å². The van der Waals surface area contributed by atoms with Crippen molar-refractivity contribution in [2.75, 3.05) is 31.6 Å². The van der Waals surface area contributed by atoms with Crippen LogP contribution < -0.4 is 9.64 Å². The van der Waals surface area contributed by atoms with Gasteiger partial charge in [-0.2, -0.15) is 13.2 Å². The second-order valence-corrected chi connectivity index (χ2v) is 9.27. The number of amides is 1. The summed E-state index contributed by atoms with van der Waals surface area (Å²) in [6.45, 7) is 3.37. The molecule has 5 rings (SSSR count). The van der Waals surface area contributed by atoms with E-state index in [1.54, 1.807) is 30.5 Å². The third kappa shape index (κ3) is 4.24. The first-order valence-corrected chi connectivity index (χ1v) is 11.6. The van der Waals surface area contributed by atoms with Crippen LogP contribution in [-0.4, -0.2) is 62.3 Å². The summed E-state index contributed by atoms with van der Waals surface area (Å²) in [6, 6.07) is 1.79. The summed E-state index contributed by atoms with van der Waals surface area (Å²) in [7, 11) is 1.56. The lowest BCUT2D eigenvalue weighted by Crippen LogP contribution is -2.49. The summed E-state index contributed by atoms with van der Waals surface area (Å²) in [5.74, 6) is -0.626. The van der Waals surface area contributed by atoms with Gasteiger partial charge in [-0.05, 0) is 12.3 Å². The summed E-state index contributed by atoms with van der Waals surface area (Å²) in [4.78, 5) is 25.9. The van der Waals surface area contributed by atoms with Gasteiger partial charge in [0, 0.05) is 44.4 Å². The number of fused-ring (bicyclic) bond motifs is 2. The van der Waals surface area contributed by atoms with Crippen molar-refractivity contribution in [3.05, 3.63) is 35.1 Å². The number of aromatic nitrogens is 5. The second-order valence-electron chi connectivity index (χ2n) is 8.87. The molecular weight excluding hydrogens is 487 g/mol. The van der Waals surface area contributed by atoms with Gasteiger partial charge in [-0.25, -0.2) is 4.98 Å². The van der Waals surface area contributed by atoms with Crippen molar-refractivity contribution in [1.29, 1.82) is 0 Å². The highest BCUT2D eigenvalue weighted by molar-refractivity contribution is 6.34. The molecule has 2 aliphatic heterocycles. The standard InChI is InChI=1S/C22H23ClF3N7O2/c1-12-10-31(19-15(23)9-27-16-7-13(35-2)8-28-18(16)19)4-3-14(12)20(34)32-5-6-33-17(11-32)29-30-21(33)22(24,25)26/h7-9,12,14H,3-6,10-11H2,1-2H3/t12?,14-/m0/s1. The van der Waals surface area contributed by atoms with E-state index in [1.807, 2.05) is 6.92 Å². The molecule has 0 aliphatic carbocycles. The zero-order valence-corrected chi connectivity index (χ0v) is 19.8. The lowest BCUT2D eigenvalue weighted by atomic mass is 9.85. The maximum Gasteiger partial charge on any atom is 0.451 e. The number of carbonyl (C=O) groups excluding carboxylic acids is 1. The van der Waals surface area contributed by atoms with Crippen molar-refractivity contribution in [1.82, 2.24) is 29.6 Å². The van der Waals surface area contributed by atoms with Gasteiger partial charge in [-0.1, -0.05) is 18.5 Å². The number of pyridine rings is 2. The molecule has 1 saturated heterocycles. The van der Waals surface area contributed by atoms with Crippen LogP contribution >= 0.6 is 11.6 Å². The fourth-order valence-electron chi connectivity index (χ4n) is 4.93. The van der Waals surface area contributed by atoms with E-state index in [-0.39, 0.29) is 43.2 Å². The number of alkyl halides is 3. The monoisotopic (exact) mass is 509 g/mol. The Bertz CT molecular complexity index is 1280. The Morgan fingerprint density at radius 1 is 1.17 bits per heavy atom. The number of piperidine rings is 1. The molecule has 13 heteroatoms. The predicted octanol–water partition coefficient (Wildman–Crippen LogP) is 3.41. The number of halogens is 4. The smallest absolute Gasteiger partial charge is 0.451 e. The van der Waals surface area contributed by atoms with E-state index in [4.69, 9.17) is 16.3 Å². The minimum absolute atomic E-state index is 0.0145. The molecule has 35 heavy (non-hydrogen) atoms. The maximum absolute atomic E-state index is 13.3. The molecule has 0 aromatic carbocycles. The molecule has 9 nitrogen and oxygen atoms in total. The van der Waals surface area contributed by atoms with E-state index >= 15 is 0 Å². The van der Waals surface area contributed by atoms with Gasteiger partial charge in [-0.15, -0.1) is 10.2 Å². The van der Waals surface area contributed by atoms with Gasteiger partial charge in [0.2, 0.25) is 11.7 Å². The molecule has 0 saturated carbocycles. The SMILES string of the molecule is COc1cnc2c(N3CC[C@H](C(=O)N4CCn5c(nnc5C(F)(F)F)C4)C(C)C3)c(Cl)cnc2c1.